The summed E-state index contributed by atoms with van der Waals surface area (Å²) in [5.74, 6) is 0.0122. The number of carbonyl (C=O) groups is 1. The Kier molecular flexibility index (Phi) is 9.37. The number of nitrogens with zero attached hydrogens (tertiary/aromatic N) is 2. The number of likely N-dealkylation sites (tertiary alicyclic amines) is 1. The third-order valence-electron chi connectivity index (χ3n) is 9.06. The lowest BCUT2D eigenvalue weighted by Crippen LogP contribution is -2.40. The van der Waals surface area contributed by atoms with Crippen LogP contribution in [0.15, 0.2) is 116 Å². The quantitative estimate of drug-likeness (QED) is 0.167. The monoisotopic (exact) mass is 648 g/mol. The van der Waals surface area contributed by atoms with Crippen LogP contribution in [0.25, 0.3) is 22.2 Å². The Morgan fingerprint density at radius 3 is 2.28 bits per heavy atom. The second-order valence-corrected chi connectivity index (χ2v) is 12.9. The summed E-state index contributed by atoms with van der Waals surface area (Å²) in [4.78, 5) is 22.4. The molecule has 7 heteroatoms. The van der Waals surface area contributed by atoms with Crippen molar-refractivity contribution in [3.63, 3.8) is 0 Å². The summed E-state index contributed by atoms with van der Waals surface area (Å²) >= 11 is 12.8. The highest BCUT2D eigenvalue weighted by atomic mass is 35.5. The Balaban J connectivity index is 1.52. The standard InChI is InChI=1S/C39H38Cl2N4O/c1-5-45(26(3)28-16-18-30(40)19-17-28)38(25(2)27-12-8-6-9-13-27)36-32-21-20-31(41)22-34(32)42-37(36)39(46)43-35-24-44(4)23-33(35)29-14-10-7-11-15-29/h5-22,26,33,35,42H,1,23-24H2,2-4H3,(H,43,46)/b38-25+/t26?,33-,35?/m0/s1. The van der Waals surface area contributed by atoms with Gasteiger partial charge < -0.3 is 20.1 Å². The van der Waals surface area contributed by atoms with Gasteiger partial charge in [-0.15, -0.1) is 0 Å². The van der Waals surface area contributed by atoms with E-state index >= 15 is 0 Å². The number of benzene rings is 4. The lowest BCUT2D eigenvalue weighted by molar-refractivity contribution is 0.0931. The van der Waals surface area contributed by atoms with Crippen LogP contribution in [0.3, 0.4) is 0 Å². The summed E-state index contributed by atoms with van der Waals surface area (Å²) in [6.07, 6.45) is 1.84. The number of allylic oxidation sites excluding steroid dienone is 1. The zero-order chi connectivity index (χ0) is 32.4. The maximum atomic E-state index is 14.5. The van der Waals surface area contributed by atoms with Crippen LogP contribution in [0.2, 0.25) is 10.0 Å². The van der Waals surface area contributed by atoms with Gasteiger partial charge in [-0.3, -0.25) is 4.79 Å². The molecule has 234 valence electrons. The molecule has 1 aliphatic heterocycles. The lowest BCUT2D eigenvalue weighted by atomic mass is 9.93. The topological polar surface area (TPSA) is 51.4 Å². The van der Waals surface area contributed by atoms with Gasteiger partial charge >= 0.3 is 0 Å². The minimum absolute atomic E-state index is 0.0612. The Labute approximate surface area is 281 Å². The van der Waals surface area contributed by atoms with Crippen LogP contribution >= 0.6 is 23.2 Å². The van der Waals surface area contributed by atoms with Gasteiger partial charge in [-0.2, -0.15) is 0 Å². The number of rotatable bonds is 9. The van der Waals surface area contributed by atoms with Gasteiger partial charge in [0.05, 0.1) is 11.7 Å². The Bertz CT molecular complexity index is 1880. The van der Waals surface area contributed by atoms with Gasteiger partial charge in [0.2, 0.25) is 0 Å². The summed E-state index contributed by atoms with van der Waals surface area (Å²) in [7, 11) is 2.10. The molecule has 1 amide bonds. The van der Waals surface area contributed by atoms with Gasteiger partial charge in [-0.1, -0.05) is 109 Å². The van der Waals surface area contributed by atoms with E-state index in [1.165, 1.54) is 5.56 Å². The van der Waals surface area contributed by atoms with Crippen molar-refractivity contribution in [2.24, 2.45) is 0 Å². The summed E-state index contributed by atoms with van der Waals surface area (Å²) < 4.78 is 0. The summed E-state index contributed by atoms with van der Waals surface area (Å²) in [6.45, 7) is 10.1. The molecule has 0 saturated carbocycles. The number of halogens is 2. The second-order valence-electron chi connectivity index (χ2n) is 12.0. The van der Waals surface area contributed by atoms with Crippen molar-refractivity contribution in [1.29, 1.82) is 0 Å². The molecule has 1 fully saturated rings. The molecule has 3 atom stereocenters. The molecule has 2 unspecified atom stereocenters. The van der Waals surface area contributed by atoms with Crippen molar-refractivity contribution < 1.29 is 4.79 Å². The molecule has 2 heterocycles. The SMILES string of the molecule is C=CN(/C(=C(\C)c1ccccc1)c1c(C(=O)NC2CN(C)C[C@H]2c2ccccc2)[nH]c2cc(Cl)ccc12)C(C)c1ccc(Cl)cc1. The van der Waals surface area contributed by atoms with Gasteiger partial charge in [-0.05, 0) is 73.6 Å². The first-order valence-corrected chi connectivity index (χ1v) is 16.3. The van der Waals surface area contributed by atoms with Crippen LogP contribution in [0.1, 0.15) is 58.5 Å². The van der Waals surface area contributed by atoms with E-state index in [1.807, 2.05) is 72.9 Å². The van der Waals surface area contributed by atoms with Gasteiger partial charge in [0.15, 0.2) is 0 Å². The number of H-pyrrole nitrogens is 1. The molecular formula is C39H38Cl2N4O. The van der Waals surface area contributed by atoms with E-state index in [1.54, 1.807) is 0 Å². The summed E-state index contributed by atoms with van der Waals surface area (Å²) in [5.41, 5.74) is 7.29. The predicted octanol–water partition coefficient (Wildman–Crippen LogP) is 9.40. The Morgan fingerprint density at radius 1 is 0.957 bits per heavy atom. The fourth-order valence-electron chi connectivity index (χ4n) is 6.69. The van der Waals surface area contributed by atoms with E-state index in [2.05, 4.69) is 84.0 Å². The molecule has 2 N–H and O–H groups in total. The molecule has 1 aliphatic rings. The van der Waals surface area contributed by atoms with E-state index in [4.69, 9.17) is 23.2 Å². The number of aromatic amines is 1. The zero-order valence-corrected chi connectivity index (χ0v) is 27.8. The largest absolute Gasteiger partial charge is 0.350 e. The normalized spacial score (nSPS) is 17.8. The average molecular weight is 650 g/mol. The first kappa shape index (κ1) is 31.7. The highest BCUT2D eigenvalue weighted by Gasteiger charge is 2.35. The van der Waals surface area contributed by atoms with Crippen LogP contribution in [0.4, 0.5) is 0 Å². The number of aromatic nitrogens is 1. The second kappa shape index (κ2) is 13.6. The average Bonchev–Trinajstić information content (AvgIpc) is 3.63. The number of amides is 1. The molecular weight excluding hydrogens is 611 g/mol. The number of nitrogens with one attached hydrogen (secondary N) is 2. The lowest BCUT2D eigenvalue weighted by Gasteiger charge is -2.33. The molecule has 0 aliphatic carbocycles. The first-order chi connectivity index (χ1) is 22.2. The molecule has 0 radical (unpaired) electrons. The number of carbonyl (C=O) groups excluding carboxylic acids is 1. The predicted molar refractivity (Wildman–Crippen MR) is 192 cm³/mol. The van der Waals surface area contributed by atoms with Crippen LogP contribution < -0.4 is 5.32 Å². The summed E-state index contributed by atoms with van der Waals surface area (Å²) in [6, 6.07) is 34.1. The molecule has 1 aromatic heterocycles. The van der Waals surface area contributed by atoms with Crippen molar-refractivity contribution in [1.82, 2.24) is 20.1 Å². The highest BCUT2D eigenvalue weighted by molar-refractivity contribution is 6.31. The number of hydrogen-bond donors (Lipinski definition) is 2. The summed E-state index contributed by atoms with van der Waals surface area (Å²) in [5, 5.41) is 5.59. The molecule has 0 spiro atoms. The van der Waals surface area contributed by atoms with Crippen molar-refractivity contribution in [3.05, 3.63) is 154 Å². The Hall–Kier alpha value is -4.29. The molecule has 5 nitrogen and oxygen atoms in total. The van der Waals surface area contributed by atoms with Crippen molar-refractivity contribution in [2.45, 2.75) is 31.8 Å². The Morgan fingerprint density at radius 2 is 1.61 bits per heavy atom. The molecule has 6 rings (SSSR count). The number of likely N-dealkylation sites (N-methyl/N-ethyl adjacent to an activating group) is 1. The van der Waals surface area contributed by atoms with Crippen molar-refractivity contribution >= 4 is 51.3 Å². The zero-order valence-electron chi connectivity index (χ0n) is 26.3. The van der Waals surface area contributed by atoms with Gasteiger partial charge in [0.1, 0.15) is 5.69 Å². The van der Waals surface area contributed by atoms with Crippen LogP contribution in [-0.2, 0) is 0 Å². The van der Waals surface area contributed by atoms with Crippen LogP contribution in [-0.4, -0.2) is 46.9 Å². The molecule has 0 bridgehead atoms. The van der Waals surface area contributed by atoms with E-state index in [9.17, 15) is 4.79 Å². The van der Waals surface area contributed by atoms with E-state index in [-0.39, 0.29) is 23.9 Å². The third kappa shape index (κ3) is 6.36. The molecule has 5 aromatic rings. The maximum Gasteiger partial charge on any atom is 0.268 e. The van der Waals surface area contributed by atoms with E-state index in [0.717, 1.165) is 52.0 Å². The van der Waals surface area contributed by atoms with E-state index < -0.39 is 0 Å². The maximum absolute atomic E-state index is 14.5. The fraction of sp³-hybridized carbons (Fsp3) is 0.205. The van der Waals surface area contributed by atoms with Gasteiger partial charge in [-0.25, -0.2) is 0 Å². The molecule has 4 aromatic carbocycles. The van der Waals surface area contributed by atoms with Crippen molar-refractivity contribution in [2.75, 3.05) is 20.1 Å². The molecule has 1 saturated heterocycles. The van der Waals surface area contributed by atoms with Crippen LogP contribution in [0, 0.1) is 0 Å². The van der Waals surface area contributed by atoms with Crippen LogP contribution in [0.5, 0.6) is 0 Å². The van der Waals surface area contributed by atoms with E-state index in [0.29, 0.717) is 15.7 Å². The third-order valence-corrected chi connectivity index (χ3v) is 9.54. The number of fused-ring (bicyclic) bond motifs is 1. The van der Waals surface area contributed by atoms with Crippen molar-refractivity contribution in [3.8, 4) is 0 Å². The van der Waals surface area contributed by atoms with Gasteiger partial charge in [0.25, 0.3) is 5.91 Å². The number of hydrogen-bond acceptors (Lipinski definition) is 3. The molecule has 46 heavy (non-hydrogen) atoms. The fourth-order valence-corrected chi connectivity index (χ4v) is 6.99. The minimum atomic E-state index is -0.162. The minimum Gasteiger partial charge on any atom is -0.350 e. The first-order valence-electron chi connectivity index (χ1n) is 15.5. The highest BCUT2D eigenvalue weighted by Crippen LogP contribution is 2.41. The smallest absolute Gasteiger partial charge is 0.268 e. The van der Waals surface area contributed by atoms with Gasteiger partial charge in [0, 0.05) is 51.6 Å².